The number of hydrogen-bond donors (Lipinski definition) is 0. The third-order valence-electron chi connectivity index (χ3n) is 3.76. The molecule has 1 saturated heterocycles. The summed E-state index contributed by atoms with van der Waals surface area (Å²) in [4.78, 5) is 12.0. The fourth-order valence-corrected chi connectivity index (χ4v) is 2.84. The Morgan fingerprint density at radius 1 is 1.00 bits per heavy atom. The SMILES string of the molecule is FC(F)(F)c1cnc(N2CCN(c3ccncc3)CC2)c(Cl)c1. The molecule has 0 atom stereocenters. The highest BCUT2D eigenvalue weighted by Crippen LogP contribution is 2.33. The van der Waals surface area contributed by atoms with E-state index < -0.39 is 11.7 Å². The minimum absolute atomic E-state index is 0.0252. The van der Waals surface area contributed by atoms with Gasteiger partial charge in [0, 0.05) is 50.5 Å². The Morgan fingerprint density at radius 3 is 2.17 bits per heavy atom. The molecule has 1 aliphatic rings. The van der Waals surface area contributed by atoms with Crippen molar-refractivity contribution in [1.82, 2.24) is 9.97 Å². The summed E-state index contributed by atoms with van der Waals surface area (Å²) in [6, 6.07) is 4.79. The van der Waals surface area contributed by atoms with Crippen LogP contribution < -0.4 is 9.80 Å². The molecule has 1 aliphatic heterocycles. The minimum Gasteiger partial charge on any atom is -0.368 e. The fraction of sp³-hybridized carbons (Fsp3) is 0.333. The van der Waals surface area contributed by atoms with Crippen molar-refractivity contribution < 1.29 is 13.2 Å². The summed E-state index contributed by atoms with van der Waals surface area (Å²) in [5, 5.41) is 0.0252. The first-order valence-corrected chi connectivity index (χ1v) is 7.45. The molecule has 8 heteroatoms. The summed E-state index contributed by atoms with van der Waals surface area (Å²) >= 11 is 6.00. The van der Waals surface area contributed by atoms with E-state index in [0.29, 0.717) is 18.9 Å². The Labute approximate surface area is 136 Å². The molecule has 3 rings (SSSR count). The number of piperazine rings is 1. The van der Waals surface area contributed by atoms with E-state index in [9.17, 15) is 13.2 Å². The zero-order chi connectivity index (χ0) is 16.4. The molecule has 0 unspecified atom stereocenters. The molecule has 0 aliphatic carbocycles. The lowest BCUT2D eigenvalue weighted by atomic mass is 10.2. The van der Waals surface area contributed by atoms with Gasteiger partial charge in [-0.2, -0.15) is 13.2 Å². The number of hydrogen-bond acceptors (Lipinski definition) is 4. The van der Waals surface area contributed by atoms with Gasteiger partial charge in [-0.25, -0.2) is 4.98 Å². The van der Waals surface area contributed by atoms with Crippen LogP contribution in [0.3, 0.4) is 0 Å². The topological polar surface area (TPSA) is 32.3 Å². The normalized spacial score (nSPS) is 15.8. The van der Waals surface area contributed by atoms with Crippen LogP contribution in [-0.2, 0) is 6.18 Å². The van der Waals surface area contributed by atoms with Crippen LogP contribution in [0.1, 0.15) is 5.56 Å². The molecule has 122 valence electrons. The highest BCUT2D eigenvalue weighted by Gasteiger charge is 2.32. The first-order chi connectivity index (χ1) is 10.9. The maximum Gasteiger partial charge on any atom is 0.417 e. The van der Waals surface area contributed by atoms with Crippen molar-refractivity contribution >= 4 is 23.1 Å². The van der Waals surface area contributed by atoms with Crippen LogP contribution in [0.15, 0.2) is 36.8 Å². The van der Waals surface area contributed by atoms with E-state index in [1.807, 2.05) is 17.0 Å². The van der Waals surface area contributed by atoms with E-state index in [1.54, 1.807) is 12.4 Å². The average Bonchev–Trinajstić information content (AvgIpc) is 2.55. The van der Waals surface area contributed by atoms with Crippen LogP contribution in [0.2, 0.25) is 5.02 Å². The summed E-state index contributed by atoms with van der Waals surface area (Å²) < 4.78 is 38.0. The van der Waals surface area contributed by atoms with Crippen molar-refractivity contribution in [2.45, 2.75) is 6.18 Å². The van der Waals surface area contributed by atoms with Crippen molar-refractivity contribution in [1.29, 1.82) is 0 Å². The monoisotopic (exact) mass is 342 g/mol. The van der Waals surface area contributed by atoms with E-state index in [0.717, 1.165) is 31.0 Å². The van der Waals surface area contributed by atoms with Crippen molar-refractivity contribution in [3.8, 4) is 0 Å². The Bertz CT molecular complexity index is 670. The van der Waals surface area contributed by atoms with E-state index in [1.165, 1.54) is 0 Å². The van der Waals surface area contributed by atoms with E-state index in [2.05, 4.69) is 14.9 Å². The smallest absolute Gasteiger partial charge is 0.368 e. The molecule has 0 saturated carbocycles. The molecule has 2 aromatic heterocycles. The van der Waals surface area contributed by atoms with Gasteiger partial charge in [0.05, 0.1) is 10.6 Å². The fourth-order valence-electron chi connectivity index (χ4n) is 2.55. The van der Waals surface area contributed by atoms with E-state index in [4.69, 9.17) is 11.6 Å². The Morgan fingerprint density at radius 2 is 1.61 bits per heavy atom. The van der Waals surface area contributed by atoms with Gasteiger partial charge in [0.2, 0.25) is 0 Å². The van der Waals surface area contributed by atoms with E-state index in [-0.39, 0.29) is 5.02 Å². The lowest BCUT2D eigenvalue weighted by molar-refractivity contribution is -0.137. The van der Waals surface area contributed by atoms with Gasteiger partial charge in [-0.3, -0.25) is 4.98 Å². The summed E-state index contributed by atoms with van der Waals surface area (Å²) in [6.45, 7) is 2.76. The molecule has 0 radical (unpaired) electrons. The maximum atomic E-state index is 12.7. The van der Waals surface area contributed by atoms with Crippen molar-refractivity contribution in [3.05, 3.63) is 47.4 Å². The van der Waals surface area contributed by atoms with Crippen molar-refractivity contribution in [3.63, 3.8) is 0 Å². The molecular formula is C15H14ClF3N4. The van der Waals surface area contributed by atoms with Crippen LogP contribution >= 0.6 is 11.6 Å². The molecule has 0 amide bonds. The summed E-state index contributed by atoms with van der Waals surface area (Å²) in [6.07, 6.45) is -0.141. The van der Waals surface area contributed by atoms with Crippen LogP contribution in [0, 0.1) is 0 Å². The summed E-state index contributed by atoms with van der Waals surface area (Å²) in [5.41, 5.74) is 0.243. The number of pyridine rings is 2. The van der Waals surface area contributed by atoms with Gasteiger partial charge in [0.1, 0.15) is 5.82 Å². The quantitative estimate of drug-likeness (QED) is 0.836. The van der Waals surface area contributed by atoms with Crippen LogP contribution in [-0.4, -0.2) is 36.1 Å². The largest absolute Gasteiger partial charge is 0.417 e. The van der Waals surface area contributed by atoms with Crippen molar-refractivity contribution in [2.24, 2.45) is 0 Å². The minimum atomic E-state index is -4.44. The number of halogens is 4. The molecular weight excluding hydrogens is 329 g/mol. The second-order valence-corrected chi connectivity index (χ2v) is 5.61. The lowest BCUT2D eigenvalue weighted by Gasteiger charge is -2.37. The number of aromatic nitrogens is 2. The second-order valence-electron chi connectivity index (χ2n) is 5.21. The molecule has 1 fully saturated rings. The van der Waals surface area contributed by atoms with Gasteiger partial charge >= 0.3 is 6.18 Å². The molecule has 3 heterocycles. The molecule has 23 heavy (non-hydrogen) atoms. The first kappa shape index (κ1) is 15.9. The number of nitrogens with zero attached hydrogens (tertiary/aromatic N) is 4. The van der Waals surface area contributed by atoms with Crippen LogP contribution in [0.4, 0.5) is 24.7 Å². The zero-order valence-electron chi connectivity index (χ0n) is 12.1. The van der Waals surface area contributed by atoms with Gasteiger partial charge in [0.25, 0.3) is 0 Å². The molecule has 0 N–H and O–H groups in total. The Balaban J connectivity index is 1.71. The molecule has 4 nitrogen and oxygen atoms in total. The number of anilines is 2. The van der Waals surface area contributed by atoms with Crippen LogP contribution in [0.25, 0.3) is 0 Å². The molecule has 0 aromatic carbocycles. The molecule has 2 aromatic rings. The van der Waals surface area contributed by atoms with Crippen LogP contribution in [0.5, 0.6) is 0 Å². The van der Waals surface area contributed by atoms with Gasteiger partial charge in [-0.05, 0) is 18.2 Å². The predicted molar refractivity (Wildman–Crippen MR) is 82.9 cm³/mol. The lowest BCUT2D eigenvalue weighted by Crippen LogP contribution is -2.47. The third-order valence-corrected chi connectivity index (χ3v) is 4.03. The summed E-state index contributed by atoms with van der Waals surface area (Å²) in [5.74, 6) is 0.397. The number of rotatable bonds is 2. The van der Waals surface area contributed by atoms with Gasteiger partial charge < -0.3 is 9.80 Å². The average molecular weight is 343 g/mol. The molecule has 0 bridgehead atoms. The predicted octanol–water partition coefficient (Wildman–Crippen LogP) is 3.48. The van der Waals surface area contributed by atoms with Gasteiger partial charge in [0.15, 0.2) is 0 Å². The second kappa shape index (κ2) is 6.23. The van der Waals surface area contributed by atoms with Crippen molar-refractivity contribution in [2.75, 3.05) is 36.0 Å². The standard InChI is InChI=1S/C15H14ClF3N4/c16-13-9-11(15(17,18)19)10-21-14(13)23-7-5-22(6-8-23)12-1-3-20-4-2-12/h1-4,9-10H,5-8H2. The summed E-state index contributed by atoms with van der Waals surface area (Å²) in [7, 11) is 0. The Kier molecular flexibility index (Phi) is 4.30. The maximum absolute atomic E-state index is 12.7. The van der Waals surface area contributed by atoms with Gasteiger partial charge in [-0.1, -0.05) is 11.6 Å². The highest BCUT2D eigenvalue weighted by molar-refractivity contribution is 6.33. The zero-order valence-corrected chi connectivity index (χ0v) is 12.8. The number of alkyl halides is 3. The molecule has 0 spiro atoms. The van der Waals surface area contributed by atoms with Gasteiger partial charge in [-0.15, -0.1) is 0 Å². The van der Waals surface area contributed by atoms with E-state index >= 15 is 0 Å². The third kappa shape index (κ3) is 3.50. The Hall–Kier alpha value is -2.02. The first-order valence-electron chi connectivity index (χ1n) is 7.08. The highest BCUT2D eigenvalue weighted by atomic mass is 35.5.